The maximum Gasteiger partial charge on any atom is 0.508 e. The highest BCUT2D eigenvalue weighted by atomic mass is 19.1. The summed E-state index contributed by atoms with van der Waals surface area (Å²) in [6, 6.07) is 5.01. The summed E-state index contributed by atoms with van der Waals surface area (Å²) in [6.07, 6.45) is 2.45. The second-order valence-electron chi connectivity index (χ2n) is 13.5. The van der Waals surface area contributed by atoms with E-state index in [0.717, 1.165) is 0 Å². The van der Waals surface area contributed by atoms with Gasteiger partial charge < -0.3 is 30.2 Å². The van der Waals surface area contributed by atoms with Crippen LogP contribution in [0.2, 0.25) is 0 Å². The molecule has 4 aliphatic carbocycles. The van der Waals surface area contributed by atoms with E-state index in [1.165, 1.54) is 18.2 Å². The lowest BCUT2D eigenvalue weighted by Gasteiger charge is -2.62. The fourth-order valence-electron chi connectivity index (χ4n) is 8.39. The number of carbonyl (C=O) groups excluding carboxylic acids is 4. The molecule has 0 aliphatic heterocycles. The Hall–Kier alpha value is -3.57. The fourth-order valence-corrected chi connectivity index (χ4v) is 8.39. The van der Waals surface area contributed by atoms with Gasteiger partial charge in [-0.1, -0.05) is 42.8 Å². The molecule has 15 heteroatoms. The zero-order valence-electron chi connectivity index (χ0n) is 26.7. The van der Waals surface area contributed by atoms with Crippen LogP contribution in [0.4, 0.5) is 9.18 Å². The lowest BCUT2D eigenvalue weighted by atomic mass is 9.44. The lowest BCUT2D eigenvalue weighted by Crippen LogP contribution is -2.69. The van der Waals surface area contributed by atoms with Gasteiger partial charge in [-0.2, -0.15) is 0 Å². The molecule has 3 saturated carbocycles. The second-order valence-corrected chi connectivity index (χ2v) is 13.5. The first-order valence-corrected chi connectivity index (χ1v) is 15.7. The van der Waals surface area contributed by atoms with Crippen LogP contribution in [0.15, 0.2) is 48.1 Å². The molecule has 0 amide bonds. The van der Waals surface area contributed by atoms with Crippen LogP contribution in [0, 0.1) is 22.7 Å². The molecule has 3 fully saturated rings. The third-order valence-electron chi connectivity index (χ3n) is 11.0. The Morgan fingerprint density at radius 1 is 1.08 bits per heavy atom. The molecule has 1 aromatic carbocycles. The van der Waals surface area contributed by atoms with Crippen molar-refractivity contribution in [3.8, 4) is 0 Å². The molecule has 8 atom stereocenters. The number of hydrogen-bond donors (Lipinski definition) is 5. The molecule has 0 heterocycles. The molecular formula is C33H41FN2O12. The molecule has 14 nitrogen and oxygen atoms in total. The van der Waals surface area contributed by atoms with E-state index in [0.29, 0.717) is 36.0 Å². The summed E-state index contributed by atoms with van der Waals surface area (Å²) in [5.74, 6) is -3.27. The van der Waals surface area contributed by atoms with Crippen molar-refractivity contribution in [3.05, 3.63) is 59.2 Å². The minimum Gasteiger partial charge on any atom is -0.456 e. The largest absolute Gasteiger partial charge is 0.508 e. The van der Waals surface area contributed by atoms with Crippen LogP contribution in [-0.2, 0) is 46.6 Å². The zero-order chi connectivity index (χ0) is 35.1. The number of rotatable bonds is 11. The number of nitrogens with zero attached hydrogens (tertiary/aromatic N) is 1. The van der Waals surface area contributed by atoms with Crippen LogP contribution in [0.25, 0.3) is 0 Å². The Morgan fingerprint density at radius 2 is 1.79 bits per heavy atom. The van der Waals surface area contributed by atoms with E-state index in [1.807, 2.05) is 0 Å². The monoisotopic (exact) mass is 676 g/mol. The van der Waals surface area contributed by atoms with Gasteiger partial charge in [0.2, 0.25) is 5.78 Å². The minimum absolute atomic E-state index is 0.0180. The first kappa shape index (κ1) is 35.7. The van der Waals surface area contributed by atoms with Gasteiger partial charge in [0.1, 0.15) is 24.9 Å². The lowest BCUT2D eigenvalue weighted by molar-refractivity contribution is -0.497. The molecule has 0 radical (unpaired) electrons. The van der Waals surface area contributed by atoms with Gasteiger partial charge in [0.25, 0.3) is 0 Å². The third-order valence-corrected chi connectivity index (χ3v) is 11.0. The van der Waals surface area contributed by atoms with Crippen molar-refractivity contribution in [1.29, 1.82) is 0 Å². The number of ketones is 2. The average Bonchev–Trinajstić information content (AvgIpc) is 3.31. The van der Waals surface area contributed by atoms with Crippen LogP contribution in [-0.4, -0.2) is 86.3 Å². The smallest absolute Gasteiger partial charge is 0.456 e. The predicted octanol–water partition coefficient (Wildman–Crippen LogP) is 2.39. The molecule has 1 aromatic rings. The molecular weight excluding hydrogens is 635 g/mol. The predicted molar refractivity (Wildman–Crippen MR) is 160 cm³/mol. The SMILES string of the molecule is C[C@]12C=CC(=O)C=C1CC[C@H]1C3CCC(O)(C(=O)COC(=O)C(N)COC(=O)OCc4cccc(CON(O)O)c4)[C@@]3(C)C[C@H](O)C12F. The Morgan fingerprint density at radius 3 is 2.50 bits per heavy atom. The number of Topliss-reactive ketones (excluding diaryl/α,β-unsaturated/α-hetero) is 1. The van der Waals surface area contributed by atoms with E-state index < -0.39 is 82.6 Å². The van der Waals surface area contributed by atoms with E-state index in [-0.39, 0.29) is 31.8 Å². The van der Waals surface area contributed by atoms with Crippen molar-refractivity contribution < 1.29 is 63.2 Å². The number of esters is 1. The summed E-state index contributed by atoms with van der Waals surface area (Å²) >= 11 is 0. The van der Waals surface area contributed by atoms with Crippen LogP contribution in [0.5, 0.6) is 0 Å². The van der Waals surface area contributed by atoms with Gasteiger partial charge in [-0.05, 0) is 68.2 Å². The van der Waals surface area contributed by atoms with Crippen molar-refractivity contribution in [1.82, 2.24) is 5.39 Å². The van der Waals surface area contributed by atoms with Crippen LogP contribution in [0.1, 0.15) is 57.1 Å². The summed E-state index contributed by atoms with van der Waals surface area (Å²) in [4.78, 5) is 54.6. The molecule has 5 rings (SSSR count). The number of fused-ring (bicyclic) bond motifs is 5. The van der Waals surface area contributed by atoms with Gasteiger partial charge in [-0.3, -0.25) is 24.8 Å². The van der Waals surface area contributed by atoms with Crippen LogP contribution < -0.4 is 5.73 Å². The number of nitrogens with two attached hydrogens (primary N) is 1. The molecule has 4 aliphatic rings. The number of benzene rings is 1. The second kappa shape index (κ2) is 13.4. The van der Waals surface area contributed by atoms with E-state index >= 15 is 4.39 Å². The van der Waals surface area contributed by atoms with Gasteiger partial charge in [0.05, 0.1) is 18.1 Å². The Balaban J connectivity index is 1.14. The van der Waals surface area contributed by atoms with E-state index in [2.05, 4.69) is 4.84 Å². The maximum absolute atomic E-state index is 17.2. The number of allylic oxidation sites excluding steroid dienone is 4. The van der Waals surface area contributed by atoms with Gasteiger partial charge >= 0.3 is 12.1 Å². The molecule has 0 bridgehead atoms. The average molecular weight is 677 g/mol. The summed E-state index contributed by atoms with van der Waals surface area (Å²) < 4.78 is 32.2. The summed E-state index contributed by atoms with van der Waals surface area (Å²) in [5, 5.41) is 40.1. The summed E-state index contributed by atoms with van der Waals surface area (Å²) in [6.45, 7) is 1.50. The fraction of sp³-hybridized carbons (Fsp3) is 0.576. The highest BCUT2D eigenvalue weighted by Crippen LogP contribution is 2.69. The van der Waals surface area contributed by atoms with Crippen molar-refractivity contribution in [2.45, 2.75) is 82.6 Å². The standard InChI is InChI=1S/C33H41FN2O12/c1-30-10-8-22(37)13-21(30)6-7-24-23-9-11-32(42,31(23,2)14-26(38)33(24,30)34)27(39)18-45-28(40)25(35)17-47-29(41)46-15-19-4-3-5-20(12-19)16-48-36(43)44/h3-5,8,10,12-13,23-26,38,42-44H,6-7,9,11,14-18,35H2,1-2H3/t23?,24-,25?,26-,30-,31-,32?,33?/m0/s1. The summed E-state index contributed by atoms with van der Waals surface area (Å²) in [7, 11) is 0. The van der Waals surface area contributed by atoms with Gasteiger partial charge in [-0.25, -0.2) is 14.0 Å². The number of hydrogen-bond acceptors (Lipinski definition) is 14. The van der Waals surface area contributed by atoms with E-state index in [1.54, 1.807) is 38.1 Å². The topological polar surface area (TPSA) is 215 Å². The normalized spacial score (nSPS) is 34.4. The third kappa shape index (κ3) is 6.19. The Kier molecular flexibility index (Phi) is 9.96. The molecule has 262 valence electrons. The molecule has 48 heavy (non-hydrogen) atoms. The van der Waals surface area contributed by atoms with Crippen molar-refractivity contribution in [3.63, 3.8) is 0 Å². The minimum atomic E-state index is -2.12. The number of aliphatic hydroxyl groups excluding tert-OH is 1. The Bertz CT molecular complexity index is 1520. The maximum atomic E-state index is 17.2. The zero-order valence-corrected chi connectivity index (χ0v) is 26.7. The highest BCUT2D eigenvalue weighted by molar-refractivity contribution is 6.01. The number of carbonyl (C=O) groups is 4. The number of halogens is 1. The van der Waals surface area contributed by atoms with E-state index in [4.69, 9.17) is 30.4 Å². The van der Waals surface area contributed by atoms with E-state index in [9.17, 15) is 29.4 Å². The first-order valence-electron chi connectivity index (χ1n) is 15.7. The Labute approximate surface area is 275 Å². The summed E-state index contributed by atoms with van der Waals surface area (Å²) in [5.41, 5.74) is 0.934. The molecule has 0 spiro atoms. The van der Waals surface area contributed by atoms with Gasteiger partial charge in [0.15, 0.2) is 18.1 Å². The molecule has 6 N–H and O–H groups in total. The number of alkyl halides is 1. The van der Waals surface area contributed by atoms with Crippen molar-refractivity contribution >= 4 is 23.7 Å². The quantitative estimate of drug-likeness (QED) is 0.168. The molecule has 0 saturated heterocycles. The molecule has 4 unspecified atom stereocenters. The molecule has 0 aromatic heterocycles. The number of ether oxygens (including phenoxy) is 3. The van der Waals surface area contributed by atoms with Gasteiger partial charge in [0, 0.05) is 16.7 Å². The number of aliphatic hydroxyl groups is 2. The first-order chi connectivity index (χ1) is 22.5. The van der Waals surface area contributed by atoms with Gasteiger partial charge in [-0.15, -0.1) is 0 Å². The van der Waals surface area contributed by atoms with Crippen LogP contribution >= 0.6 is 0 Å². The van der Waals surface area contributed by atoms with Crippen molar-refractivity contribution in [2.75, 3.05) is 13.2 Å². The van der Waals surface area contributed by atoms with Crippen LogP contribution in [0.3, 0.4) is 0 Å². The van der Waals surface area contributed by atoms with Crippen molar-refractivity contribution in [2.24, 2.45) is 28.4 Å². The highest BCUT2D eigenvalue weighted by Gasteiger charge is 2.74.